The minimum absolute atomic E-state index is 0.356. The van der Waals surface area contributed by atoms with E-state index in [2.05, 4.69) is 279 Å². The van der Waals surface area contributed by atoms with Crippen LogP contribution in [-0.2, 0) is 10.8 Å². The fourth-order valence-electron chi connectivity index (χ4n) is 12.7. The van der Waals surface area contributed by atoms with Crippen molar-refractivity contribution >= 4 is 49.4 Å². The van der Waals surface area contributed by atoms with Gasteiger partial charge in [-0.3, -0.25) is 0 Å². The first kappa shape index (κ1) is 40.3. The van der Waals surface area contributed by atoms with E-state index in [9.17, 15) is 0 Å². The van der Waals surface area contributed by atoms with E-state index in [0.717, 1.165) is 17.1 Å². The van der Waals surface area contributed by atoms with Gasteiger partial charge in [0.15, 0.2) is 0 Å². The Morgan fingerprint density at radius 1 is 0.286 bits per heavy atom. The van der Waals surface area contributed by atoms with Gasteiger partial charge in [-0.25, -0.2) is 0 Å². The molecule has 2 aliphatic carbocycles. The molecule has 2 aliphatic rings. The number of fused-ring (bicyclic) bond motifs is 12. The molecule has 0 radical (unpaired) electrons. The standard InChI is InChI=1S/C69H47N/c1-68(48-20-5-2-6-21-48)62-32-17-15-30-58(62)59-43-41-52(45-65(59)68)70(51-39-36-46(37-40-51)47-38-42-57-55-28-12-11-26-53(55)54-27-13-14-29-56(54)61(57)44-47)66-35-19-34-64-67(66)60-31-16-18-33-63(60)69(64,49-22-7-3-8-23-49)50-24-9-4-10-25-50/h2-45H,1H3. The summed E-state index contributed by atoms with van der Waals surface area (Å²) in [6.45, 7) is 2.41. The highest BCUT2D eigenvalue weighted by Crippen LogP contribution is 2.60. The normalized spacial score (nSPS) is 15.1. The van der Waals surface area contributed by atoms with Crippen molar-refractivity contribution in [1.82, 2.24) is 0 Å². The zero-order valence-corrected chi connectivity index (χ0v) is 38.9. The number of hydrogen-bond acceptors (Lipinski definition) is 1. The van der Waals surface area contributed by atoms with Gasteiger partial charge in [-0.15, -0.1) is 0 Å². The minimum Gasteiger partial charge on any atom is -0.310 e. The van der Waals surface area contributed by atoms with Crippen molar-refractivity contribution in [2.24, 2.45) is 0 Å². The molecule has 0 aliphatic heterocycles. The Morgan fingerprint density at radius 3 is 1.40 bits per heavy atom. The molecule has 70 heavy (non-hydrogen) atoms. The molecule has 0 N–H and O–H groups in total. The molecule has 12 aromatic rings. The molecule has 0 aromatic heterocycles. The van der Waals surface area contributed by atoms with Gasteiger partial charge in [0, 0.05) is 22.4 Å². The van der Waals surface area contributed by atoms with Gasteiger partial charge in [-0.05, 0) is 142 Å². The first-order valence-electron chi connectivity index (χ1n) is 24.5. The van der Waals surface area contributed by atoms with Crippen molar-refractivity contribution in [2.45, 2.75) is 17.8 Å². The molecule has 328 valence electrons. The third-order valence-corrected chi connectivity index (χ3v) is 15.8. The summed E-state index contributed by atoms with van der Waals surface area (Å²) < 4.78 is 0. The van der Waals surface area contributed by atoms with E-state index in [4.69, 9.17) is 0 Å². The molecule has 0 saturated heterocycles. The first-order chi connectivity index (χ1) is 34.6. The Balaban J connectivity index is 1.00. The first-order valence-corrected chi connectivity index (χ1v) is 24.5. The van der Waals surface area contributed by atoms with Gasteiger partial charge >= 0.3 is 0 Å². The smallest absolute Gasteiger partial charge is 0.0714 e. The zero-order chi connectivity index (χ0) is 46.4. The quantitative estimate of drug-likeness (QED) is 0.144. The van der Waals surface area contributed by atoms with Crippen LogP contribution >= 0.6 is 0 Å². The second-order valence-corrected chi connectivity index (χ2v) is 19.2. The molecular formula is C69H47N. The molecule has 0 bridgehead atoms. The third-order valence-electron chi connectivity index (χ3n) is 15.8. The van der Waals surface area contributed by atoms with Gasteiger partial charge in [0.25, 0.3) is 0 Å². The highest BCUT2D eigenvalue weighted by atomic mass is 15.1. The van der Waals surface area contributed by atoms with Gasteiger partial charge in [0.05, 0.1) is 11.1 Å². The van der Waals surface area contributed by atoms with Gasteiger partial charge in [0.2, 0.25) is 0 Å². The van der Waals surface area contributed by atoms with E-state index in [1.54, 1.807) is 0 Å². The molecule has 12 aromatic carbocycles. The number of anilines is 3. The summed E-state index contributed by atoms with van der Waals surface area (Å²) in [5, 5.41) is 7.70. The van der Waals surface area contributed by atoms with Crippen molar-refractivity contribution in [3.05, 3.63) is 306 Å². The fraction of sp³-hybridized carbons (Fsp3) is 0.0435. The second kappa shape index (κ2) is 15.6. The molecule has 1 atom stereocenters. The number of benzene rings is 12. The highest BCUT2D eigenvalue weighted by Gasteiger charge is 2.47. The summed E-state index contributed by atoms with van der Waals surface area (Å²) in [6.07, 6.45) is 0. The molecule has 1 unspecified atom stereocenters. The Hall–Kier alpha value is -8.78. The predicted molar refractivity (Wildman–Crippen MR) is 294 cm³/mol. The van der Waals surface area contributed by atoms with Crippen LogP contribution in [0.25, 0.3) is 65.7 Å². The van der Waals surface area contributed by atoms with Crippen molar-refractivity contribution in [3.63, 3.8) is 0 Å². The van der Waals surface area contributed by atoms with E-state index in [-0.39, 0.29) is 5.41 Å². The van der Waals surface area contributed by atoms with Crippen molar-refractivity contribution < 1.29 is 0 Å². The average Bonchev–Trinajstić information content (AvgIpc) is 3.89. The maximum absolute atomic E-state index is 2.53. The molecule has 0 heterocycles. The van der Waals surface area contributed by atoms with Crippen LogP contribution in [0, 0.1) is 0 Å². The molecular weight excluding hydrogens is 843 g/mol. The monoisotopic (exact) mass is 889 g/mol. The van der Waals surface area contributed by atoms with Gasteiger partial charge in [-0.1, -0.05) is 231 Å². The summed E-state index contributed by atoms with van der Waals surface area (Å²) in [5.74, 6) is 0. The number of hydrogen-bond donors (Lipinski definition) is 0. The van der Waals surface area contributed by atoms with Crippen molar-refractivity contribution in [2.75, 3.05) is 4.90 Å². The van der Waals surface area contributed by atoms with E-state index in [0.29, 0.717) is 0 Å². The lowest BCUT2D eigenvalue weighted by atomic mass is 9.68. The van der Waals surface area contributed by atoms with Crippen LogP contribution in [0.5, 0.6) is 0 Å². The SMILES string of the molecule is CC1(c2ccccc2)c2ccccc2-c2ccc(N(c3ccc(-c4ccc5c6ccccc6c6ccccc6c5c4)cc3)c3cccc4c3-c3ccccc3C4(c3ccccc3)c3ccccc3)cc21. The summed E-state index contributed by atoms with van der Waals surface area (Å²) in [7, 11) is 0. The van der Waals surface area contributed by atoms with Crippen LogP contribution < -0.4 is 4.90 Å². The van der Waals surface area contributed by atoms with E-state index >= 15 is 0 Å². The number of nitrogens with zero attached hydrogens (tertiary/aromatic N) is 1. The lowest BCUT2D eigenvalue weighted by molar-refractivity contribution is 0.714. The Labute approximate surface area is 409 Å². The van der Waals surface area contributed by atoms with Gasteiger partial charge in [0.1, 0.15) is 0 Å². The second-order valence-electron chi connectivity index (χ2n) is 19.2. The fourth-order valence-corrected chi connectivity index (χ4v) is 12.7. The van der Waals surface area contributed by atoms with Crippen LogP contribution in [0.1, 0.15) is 45.9 Å². The number of rotatable bonds is 7. The minimum atomic E-state index is -0.531. The largest absolute Gasteiger partial charge is 0.310 e. The summed E-state index contributed by atoms with van der Waals surface area (Å²) >= 11 is 0. The van der Waals surface area contributed by atoms with Gasteiger partial charge < -0.3 is 4.90 Å². The topological polar surface area (TPSA) is 3.24 Å². The maximum Gasteiger partial charge on any atom is 0.0714 e. The molecule has 0 fully saturated rings. The van der Waals surface area contributed by atoms with Crippen LogP contribution in [0.3, 0.4) is 0 Å². The van der Waals surface area contributed by atoms with E-state index in [1.807, 2.05) is 0 Å². The Morgan fingerprint density at radius 2 is 0.757 bits per heavy atom. The molecule has 0 saturated carbocycles. The van der Waals surface area contributed by atoms with Crippen LogP contribution in [-0.4, -0.2) is 0 Å². The highest BCUT2D eigenvalue weighted by molar-refractivity contribution is 6.25. The summed E-state index contributed by atoms with van der Waals surface area (Å²) in [6, 6.07) is 99.6. The van der Waals surface area contributed by atoms with Crippen LogP contribution in [0.15, 0.2) is 267 Å². The van der Waals surface area contributed by atoms with E-state index < -0.39 is 5.41 Å². The van der Waals surface area contributed by atoms with Crippen LogP contribution in [0.4, 0.5) is 17.1 Å². The third kappa shape index (κ3) is 5.73. The van der Waals surface area contributed by atoms with Gasteiger partial charge in [-0.2, -0.15) is 0 Å². The molecule has 14 rings (SSSR count). The molecule has 0 spiro atoms. The van der Waals surface area contributed by atoms with Crippen molar-refractivity contribution in [3.8, 4) is 33.4 Å². The predicted octanol–water partition coefficient (Wildman–Crippen LogP) is 18.0. The summed E-state index contributed by atoms with van der Waals surface area (Å²) in [5.41, 5.74) is 19.0. The Kier molecular flexibility index (Phi) is 9.00. The zero-order valence-electron chi connectivity index (χ0n) is 38.9. The molecule has 1 heteroatoms. The maximum atomic E-state index is 2.53. The van der Waals surface area contributed by atoms with Crippen molar-refractivity contribution in [1.29, 1.82) is 0 Å². The molecule has 0 amide bonds. The lowest BCUT2D eigenvalue weighted by Gasteiger charge is -2.34. The molecule has 1 nitrogen and oxygen atoms in total. The summed E-state index contributed by atoms with van der Waals surface area (Å²) in [4.78, 5) is 2.53. The Bertz CT molecular complexity index is 3930. The van der Waals surface area contributed by atoms with E-state index in [1.165, 1.54) is 105 Å². The average molecular weight is 890 g/mol. The van der Waals surface area contributed by atoms with Crippen LogP contribution in [0.2, 0.25) is 0 Å². The lowest BCUT2D eigenvalue weighted by Crippen LogP contribution is -2.28.